The maximum absolute atomic E-state index is 11.0. The second kappa shape index (κ2) is 12.1. The highest BCUT2D eigenvalue weighted by molar-refractivity contribution is 5.67. The molecule has 4 nitrogen and oxygen atoms in total. The first-order valence-electron chi connectivity index (χ1n) is 10.3. The van der Waals surface area contributed by atoms with E-state index in [1.165, 1.54) is 50.5 Å². The van der Waals surface area contributed by atoms with Crippen LogP contribution in [0.3, 0.4) is 0 Å². The fourth-order valence-electron chi connectivity index (χ4n) is 4.36. The van der Waals surface area contributed by atoms with Gasteiger partial charge < -0.3 is 9.84 Å². The van der Waals surface area contributed by atoms with E-state index in [-0.39, 0.29) is 6.10 Å². The average molecular weight is 362 g/mol. The van der Waals surface area contributed by atoms with Crippen molar-refractivity contribution < 1.29 is 14.6 Å². The maximum Gasteiger partial charge on any atom is 0.303 e. The van der Waals surface area contributed by atoms with Gasteiger partial charge in [0.2, 0.25) is 0 Å². The van der Waals surface area contributed by atoms with Crippen LogP contribution in [0, 0.1) is 11.8 Å². The Kier molecular flexibility index (Phi) is 9.68. The quantitative estimate of drug-likeness (QED) is 0.516. The monoisotopic (exact) mass is 361 g/mol. The SMILES string of the molecule is COC1CC(CCCCCCCCc2cccnc2)CC(CC(=O)O)C1. The van der Waals surface area contributed by atoms with Gasteiger partial charge in [-0.25, -0.2) is 0 Å². The van der Waals surface area contributed by atoms with Crippen molar-refractivity contribution in [2.45, 2.75) is 83.2 Å². The third kappa shape index (κ3) is 8.31. The molecule has 1 aliphatic carbocycles. The number of carboxylic acid groups (broad SMARTS) is 1. The Hall–Kier alpha value is -1.42. The van der Waals surface area contributed by atoms with Gasteiger partial charge in [0.15, 0.2) is 0 Å². The molecule has 3 unspecified atom stereocenters. The molecule has 4 heteroatoms. The summed E-state index contributed by atoms with van der Waals surface area (Å²) in [5.74, 6) is 0.268. The average Bonchev–Trinajstić information content (AvgIpc) is 2.64. The molecule has 0 aliphatic heterocycles. The number of carbonyl (C=O) groups is 1. The van der Waals surface area contributed by atoms with E-state index in [1.54, 1.807) is 7.11 Å². The molecule has 0 radical (unpaired) electrons. The van der Waals surface area contributed by atoms with E-state index in [0.29, 0.717) is 18.3 Å². The number of unbranched alkanes of at least 4 members (excludes halogenated alkanes) is 5. The zero-order chi connectivity index (χ0) is 18.6. The molecule has 1 aromatic heterocycles. The first-order chi connectivity index (χ1) is 12.7. The minimum atomic E-state index is -0.670. The summed E-state index contributed by atoms with van der Waals surface area (Å²) in [6.45, 7) is 0. The van der Waals surface area contributed by atoms with E-state index in [1.807, 2.05) is 18.5 Å². The van der Waals surface area contributed by atoms with Crippen LogP contribution in [0.15, 0.2) is 24.5 Å². The van der Waals surface area contributed by atoms with Gasteiger partial charge in [0.1, 0.15) is 0 Å². The van der Waals surface area contributed by atoms with Crippen LogP contribution < -0.4 is 0 Å². The molecule has 1 aromatic rings. The number of rotatable bonds is 12. The van der Waals surface area contributed by atoms with Gasteiger partial charge in [0.25, 0.3) is 0 Å². The topological polar surface area (TPSA) is 59.4 Å². The molecule has 0 amide bonds. The van der Waals surface area contributed by atoms with Crippen molar-refractivity contribution in [3.8, 4) is 0 Å². The van der Waals surface area contributed by atoms with Crippen molar-refractivity contribution in [1.82, 2.24) is 4.98 Å². The van der Waals surface area contributed by atoms with Crippen LogP contribution >= 0.6 is 0 Å². The molecule has 0 bridgehead atoms. The number of carboxylic acids is 1. The van der Waals surface area contributed by atoms with Crippen molar-refractivity contribution in [2.75, 3.05) is 7.11 Å². The number of aliphatic carboxylic acids is 1. The Balaban J connectivity index is 1.52. The summed E-state index contributed by atoms with van der Waals surface area (Å²) in [5.41, 5.74) is 1.34. The van der Waals surface area contributed by atoms with E-state index < -0.39 is 5.97 Å². The Bertz CT molecular complexity index is 505. The molecular weight excluding hydrogens is 326 g/mol. The number of aromatic nitrogens is 1. The molecule has 1 N–H and O–H groups in total. The zero-order valence-corrected chi connectivity index (χ0v) is 16.2. The van der Waals surface area contributed by atoms with Gasteiger partial charge in [-0.15, -0.1) is 0 Å². The van der Waals surface area contributed by atoms with Crippen LogP contribution in [0.4, 0.5) is 0 Å². The number of ether oxygens (including phenoxy) is 1. The summed E-state index contributed by atoms with van der Waals surface area (Å²) >= 11 is 0. The van der Waals surface area contributed by atoms with E-state index in [9.17, 15) is 4.79 Å². The molecule has 3 atom stereocenters. The summed E-state index contributed by atoms with van der Waals surface area (Å²) in [4.78, 5) is 15.2. The Morgan fingerprint density at radius 2 is 1.85 bits per heavy atom. The van der Waals surface area contributed by atoms with E-state index in [4.69, 9.17) is 9.84 Å². The summed E-state index contributed by atoms with van der Waals surface area (Å²) in [6.07, 6.45) is 17.5. The minimum absolute atomic E-state index is 0.255. The Labute approximate surface area is 158 Å². The zero-order valence-electron chi connectivity index (χ0n) is 16.2. The van der Waals surface area contributed by atoms with Gasteiger partial charge in [-0.05, 0) is 55.6 Å². The Morgan fingerprint density at radius 1 is 1.12 bits per heavy atom. The van der Waals surface area contributed by atoms with Crippen LogP contribution in [0.5, 0.6) is 0 Å². The van der Waals surface area contributed by atoms with Crippen molar-refractivity contribution in [3.63, 3.8) is 0 Å². The lowest BCUT2D eigenvalue weighted by Crippen LogP contribution is -2.29. The first kappa shape index (κ1) is 20.9. The normalized spacial score (nSPS) is 23.0. The third-order valence-corrected chi connectivity index (χ3v) is 5.71. The first-order valence-corrected chi connectivity index (χ1v) is 10.3. The number of pyridine rings is 1. The van der Waals surface area contributed by atoms with Crippen molar-refractivity contribution in [2.24, 2.45) is 11.8 Å². The lowest BCUT2D eigenvalue weighted by atomic mass is 9.76. The number of hydrogen-bond donors (Lipinski definition) is 1. The van der Waals surface area contributed by atoms with Gasteiger partial charge in [0, 0.05) is 25.9 Å². The second-order valence-electron chi connectivity index (χ2n) is 7.92. The lowest BCUT2D eigenvalue weighted by molar-refractivity contribution is -0.138. The second-order valence-corrected chi connectivity index (χ2v) is 7.92. The molecule has 2 rings (SSSR count). The predicted molar refractivity (Wildman–Crippen MR) is 104 cm³/mol. The van der Waals surface area contributed by atoms with Crippen LogP contribution in [0.25, 0.3) is 0 Å². The largest absolute Gasteiger partial charge is 0.481 e. The Morgan fingerprint density at radius 3 is 2.54 bits per heavy atom. The fraction of sp³-hybridized carbons (Fsp3) is 0.727. The van der Waals surface area contributed by atoms with Crippen LogP contribution in [0.2, 0.25) is 0 Å². The molecule has 0 spiro atoms. The highest BCUT2D eigenvalue weighted by Crippen LogP contribution is 2.35. The molecule has 26 heavy (non-hydrogen) atoms. The van der Waals surface area contributed by atoms with Gasteiger partial charge in [-0.2, -0.15) is 0 Å². The van der Waals surface area contributed by atoms with E-state index in [2.05, 4.69) is 11.1 Å². The third-order valence-electron chi connectivity index (χ3n) is 5.71. The highest BCUT2D eigenvalue weighted by Gasteiger charge is 2.29. The van der Waals surface area contributed by atoms with Gasteiger partial charge >= 0.3 is 5.97 Å². The number of nitrogens with zero attached hydrogens (tertiary/aromatic N) is 1. The minimum Gasteiger partial charge on any atom is -0.481 e. The summed E-state index contributed by atoms with van der Waals surface area (Å²) in [6, 6.07) is 4.16. The molecule has 1 fully saturated rings. The highest BCUT2D eigenvalue weighted by atomic mass is 16.5. The number of methoxy groups -OCH3 is 1. The van der Waals surface area contributed by atoms with Crippen molar-refractivity contribution >= 4 is 5.97 Å². The van der Waals surface area contributed by atoms with E-state index in [0.717, 1.165) is 25.7 Å². The van der Waals surface area contributed by atoms with Crippen LogP contribution in [-0.4, -0.2) is 29.3 Å². The number of hydrogen-bond acceptors (Lipinski definition) is 3. The molecule has 0 saturated heterocycles. The molecule has 1 saturated carbocycles. The van der Waals surface area contributed by atoms with Crippen molar-refractivity contribution in [3.05, 3.63) is 30.1 Å². The molecule has 0 aromatic carbocycles. The summed E-state index contributed by atoms with van der Waals surface area (Å²) in [7, 11) is 1.76. The molecule has 146 valence electrons. The predicted octanol–water partition coefficient (Wildman–Crippen LogP) is 5.26. The summed E-state index contributed by atoms with van der Waals surface area (Å²) in [5, 5.41) is 9.06. The van der Waals surface area contributed by atoms with E-state index >= 15 is 0 Å². The molecular formula is C22H35NO3. The van der Waals surface area contributed by atoms with Gasteiger partial charge in [-0.1, -0.05) is 44.6 Å². The lowest BCUT2D eigenvalue weighted by Gasteiger charge is -2.33. The van der Waals surface area contributed by atoms with Crippen LogP contribution in [-0.2, 0) is 16.0 Å². The standard InChI is InChI=1S/C22H35NO3/c1-26-21-14-19(13-20(15-21)16-22(24)25)10-7-5-3-2-4-6-9-18-11-8-12-23-17-18/h8,11-12,17,19-21H,2-7,9-10,13-16H2,1H3,(H,24,25). The maximum atomic E-state index is 11.0. The smallest absolute Gasteiger partial charge is 0.303 e. The summed E-state index contributed by atoms with van der Waals surface area (Å²) < 4.78 is 5.54. The van der Waals surface area contributed by atoms with Crippen LogP contribution in [0.1, 0.15) is 76.2 Å². The molecule has 1 heterocycles. The van der Waals surface area contributed by atoms with Gasteiger partial charge in [-0.3, -0.25) is 9.78 Å². The molecule has 1 aliphatic rings. The fourth-order valence-corrected chi connectivity index (χ4v) is 4.36. The van der Waals surface area contributed by atoms with Crippen molar-refractivity contribution in [1.29, 1.82) is 0 Å². The van der Waals surface area contributed by atoms with Gasteiger partial charge in [0.05, 0.1) is 6.10 Å². The number of aryl methyl sites for hydroxylation is 1.